The summed E-state index contributed by atoms with van der Waals surface area (Å²) < 4.78 is 14.2. The highest BCUT2D eigenvalue weighted by Crippen LogP contribution is 2.32. The molecule has 1 atom stereocenters. The second-order valence-corrected chi connectivity index (χ2v) is 6.89. The van der Waals surface area contributed by atoms with Gasteiger partial charge in [-0.25, -0.2) is 4.39 Å². The molecule has 1 aromatic heterocycles. The van der Waals surface area contributed by atoms with Gasteiger partial charge in [0.1, 0.15) is 5.82 Å². The van der Waals surface area contributed by atoms with E-state index >= 15 is 0 Å². The molecule has 1 nitrogen and oxygen atoms in total. The molecule has 0 bridgehead atoms. The van der Waals surface area contributed by atoms with Crippen LogP contribution in [0.5, 0.6) is 0 Å². The molecule has 2 rings (SSSR count). The average molecular weight is 328 g/mol. The number of aryl methyl sites for hydroxylation is 2. The summed E-state index contributed by atoms with van der Waals surface area (Å²) in [4.78, 5) is 1.16. The van der Waals surface area contributed by atoms with Gasteiger partial charge in [-0.1, -0.05) is 6.07 Å². The molecular formula is C14H15BrFNS. The third kappa shape index (κ3) is 2.99. The topological polar surface area (TPSA) is 26.0 Å². The summed E-state index contributed by atoms with van der Waals surface area (Å²) in [6, 6.07) is 6.93. The number of hydrogen-bond acceptors (Lipinski definition) is 2. The fraction of sp³-hybridized carbons (Fsp3) is 0.286. The summed E-state index contributed by atoms with van der Waals surface area (Å²) in [6.07, 6.45) is 0.735. The van der Waals surface area contributed by atoms with E-state index in [0.29, 0.717) is 0 Å². The quantitative estimate of drug-likeness (QED) is 0.881. The van der Waals surface area contributed by atoms with Crippen LogP contribution in [-0.4, -0.2) is 0 Å². The van der Waals surface area contributed by atoms with Gasteiger partial charge in [0.25, 0.3) is 0 Å². The molecule has 96 valence electrons. The van der Waals surface area contributed by atoms with Crippen molar-refractivity contribution in [3.63, 3.8) is 0 Å². The van der Waals surface area contributed by atoms with Gasteiger partial charge in [-0.2, -0.15) is 0 Å². The predicted molar refractivity (Wildman–Crippen MR) is 78.5 cm³/mol. The lowest BCUT2D eigenvalue weighted by atomic mass is 10.0. The van der Waals surface area contributed by atoms with Crippen LogP contribution in [0.4, 0.5) is 4.39 Å². The third-order valence-corrected chi connectivity index (χ3v) is 5.25. The Morgan fingerprint density at radius 2 is 2.00 bits per heavy atom. The van der Waals surface area contributed by atoms with Crippen molar-refractivity contribution in [1.82, 2.24) is 0 Å². The van der Waals surface area contributed by atoms with Gasteiger partial charge in [0.2, 0.25) is 0 Å². The standard InChI is InChI=1S/C14H15BrFNS/c1-8-5-11(16)4-3-10(8)7-12(17)13-6-9(2)14(15)18-13/h3-6,12H,7,17H2,1-2H3. The van der Waals surface area contributed by atoms with Crippen molar-refractivity contribution in [3.05, 3.63) is 55.4 Å². The Kier molecular flexibility index (Phi) is 4.20. The number of thiophene rings is 1. The van der Waals surface area contributed by atoms with E-state index in [1.54, 1.807) is 17.4 Å². The van der Waals surface area contributed by atoms with Gasteiger partial charge in [0.15, 0.2) is 0 Å². The predicted octanol–water partition coefficient (Wildman–Crippen LogP) is 4.51. The first-order valence-electron chi connectivity index (χ1n) is 5.74. The maximum absolute atomic E-state index is 13.0. The van der Waals surface area contributed by atoms with E-state index in [9.17, 15) is 4.39 Å². The molecule has 0 aliphatic carbocycles. The Morgan fingerprint density at radius 1 is 1.28 bits per heavy atom. The Hall–Kier alpha value is -0.710. The highest BCUT2D eigenvalue weighted by molar-refractivity contribution is 9.11. The molecule has 18 heavy (non-hydrogen) atoms. The van der Waals surface area contributed by atoms with Crippen LogP contribution in [0.2, 0.25) is 0 Å². The second-order valence-electron chi connectivity index (χ2n) is 4.49. The lowest BCUT2D eigenvalue weighted by Crippen LogP contribution is -2.12. The molecule has 1 unspecified atom stereocenters. The maximum Gasteiger partial charge on any atom is 0.123 e. The van der Waals surface area contributed by atoms with Crippen molar-refractivity contribution in [3.8, 4) is 0 Å². The highest BCUT2D eigenvalue weighted by atomic mass is 79.9. The van der Waals surface area contributed by atoms with E-state index in [4.69, 9.17) is 5.73 Å². The Morgan fingerprint density at radius 3 is 2.56 bits per heavy atom. The molecule has 2 N–H and O–H groups in total. The number of hydrogen-bond donors (Lipinski definition) is 1. The van der Waals surface area contributed by atoms with E-state index in [0.717, 1.165) is 26.2 Å². The average Bonchev–Trinajstić information content (AvgIpc) is 2.63. The van der Waals surface area contributed by atoms with E-state index in [-0.39, 0.29) is 11.9 Å². The summed E-state index contributed by atoms with van der Waals surface area (Å²) in [5, 5.41) is 0. The van der Waals surface area contributed by atoms with Crippen LogP contribution in [0.15, 0.2) is 28.1 Å². The molecule has 0 saturated carbocycles. The number of rotatable bonds is 3. The van der Waals surface area contributed by atoms with E-state index < -0.39 is 0 Å². The summed E-state index contributed by atoms with van der Waals surface area (Å²) in [7, 11) is 0. The smallest absolute Gasteiger partial charge is 0.123 e. The van der Waals surface area contributed by atoms with Crippen molar-refractivity contribution in [1.29, 1.82) is 0 Å². The van der Waals surface area contributed by atoms with E-state index in [2.05, 4.69) is 28.9 Å². The van der Waals surface area contributed by atoms with Crippen molar-refractivity contribution in [2.45, 2.75) is 26.3 Å². The lowest BCUT2D eigenvalue weighted by molar-refractivity contribution is 0.624. The molecule has 0 aliphatic rings. The molecule has 0 spiro atoms. The highest BCUT2D eigenvalue weighted by Gasteiger charge is 2.13. The minimum absolute atomic E-state index is 0.0378. The third-order valence-electron chi connectivity index (χ3n) is 2.99. The first-order chi connectivity index (χ1) is 8.47. The Bertz CT molecular complexity index is 545. The lowest BCUT2D eigenvalue weighted by Gasteiger charge is -2.11. The summed E-state index contributed by atoms with van der Waals surface area (Å²) in [5.41, 5.74) is 9.48. The maximum atomic E-state index is 13.0. The van der Waals surface area contributed by atoms with Gasteiger partial charge in [0, 0.05) is 10.9 Å². The van der Waals surface area contributed by atoms with Crippen LogP contribution in [-0.2, 0) is 6.42 Å². The Balaban J connectivity index is 2.18. The van der Waals surface area contributed by atoms with Crippen LogP contribution in [0.3, 0.4) is 0 Å². The van der Waals surface area contributed by atoms with Crippen LogP contribution in [0.1, 0.15) is 27.6 Å². The molecule has 0 fully saturated rings. The molecule has 0 radical (unpaired) electrons. The number of benzene rings is 1. The van der Waals surface area contributed by atoms with Gasteiger partial charge in [0.05, 0.1) is 3.79 Å². The van der Waals surface area contributed by atoms with Crippen molar-refractivity contribution in [2.24, 2.45) is 5.73 Å². The van der Waals surface area contributed by atoms with Crippen LogP contribution < -0.4 is 5.73 Å². The molecule has 1 heterocycles. The summed E-state index contributed by atoms with van der Waals surface area (Å²) >= 11 is 5.18. The monoisotopic (exact) mass is 327 g/mol. The van der Waals surface area contributed by atoms with Crippen LogP contribution in [0.25, 0.3) is 0 Å². The van der Waals surface area contributed by atoms with Crippen molar-refractivity contribution in [2.75, 3.05) is 0 Å². The number of nitrogens with two attached hydrogens (primary N) is 1. The number of halogens is 2. The zero-order chi connectivity index (χ0) is 13.3. The minimum Gasteiger partial charge on any atom is -0.323 e. The summed E-state index contributed by atoms with van der Waals surface area (Å²) in [6.45, 7) is 3.97. The molecular weight excluding hydrogens is 313 g/mol. The van der Waals surface area contributed by atoms with Gasteiger partial charge < -0.3 is 5.73 Å². The molecule has 0 amide bonds. The molecule has 4 heteroatoms. The van der Waals surface area contributed by atoms with Gasteiger partial charge in [-0.15, -0.1) is 11.3 Å². The first kappa shape index (κ1) is 13.7. The van der Waals surface area contributed by atoms with Crippen LogP contribution in [0, 0.1) is 19.7 Å². The van der Waals surface area contributed by atoms with Gasteiger partial charge in [-0.05, 0) is 71.1 Å². The molecule has 1 aromatic carbocycles. The zero-order valence-corrected chi connectivity index (χ0v) is 12.7. The molecule has 2 aromatic rings. The van der Waals surface area contributed by atoms with Crippen LogP contribution >= 0.6 is 27.3 Å². The van der Waals surface area contributed by atoms with Crippen molar-refractivity contribution < 1.29 is 4.39 Å². The van der Waals surface area contributed by atoms with Gasteiger partial charge in [-0.3, -0.25) is 0 Å². The fourth-order valence-electron chi connectivity index (χ4n) is 1.89. The van der Waals surface area contributed by atoms with Gasteiger partial charge >= 0.3 is 0 Å². The first-order valence-corrected chi connectivity index (χ1v) is 7.34. The minimum atomic E-state index is -0.195. The summed E-state index contributed by atoms with van der Waals surface area (Å²) in [5.74, 6) is -0.195. The zero-order valence-electron chi connectivity index (χ0n) is 10.3. The largest absolute Gasteiger partial charge is 0.323 e. The van der Waals surface area contributed by atoms with Crippen molar-refractivity contribution >= 4 is 27.3 Å². The molecule has 0 aliphatic heterocycles. The SMILES string of the molecule is Cc1cc(F)ccc1CC(N)c1cc(C)c(Br)s1. The Labute approximate surface area is 119 Å². The fourth-order valence-corrected chi connectivity index (χ4v) is 3.46. The van der Waals surface area contributed by atoms with E-state index in [1.165, 1.54) is 11.6 Å². The van der Waals surface area contributed by atoms with E-state index in [1.807, 2.05) is 13.0 Å². The molecule has 0 saturated heterocycles. The second kappa shape index (κ2) is 5.51. The normalized spacial score (nSPS) is 12.7.